The summed E-state index contributed by atoms with van der Waals surface area (Å²) in [6, 6.07) is 2.01. The minimum atomic E-state index is 0.346. The van der Waals surface area contributed by atoms with Crippen molar-refractivity contribution in [2.45, 2.75) is 36.7 Å². The van der Waals surface area contributed by atoms with Crippen LogP contribution >= 0.6 is 11.8 Å². The molecule has 19 heavy (non-hydrogen) atoms. The van der Waals surface area contributed by atoms with Crippen molar-refractivity contribution in [1.82, 2.24) is 20.3 Å². The standard InChI is InChI=1S/C12H13N5OS/c13-5-10-9(6-14-16-10)12-15-11(17-18-12)7-19-8-3-1-2-4-8/h6,8H,1-4,7H2,(H,14,16). The molecule has 2 aromatic rings. The molecule has 6 nitrogen and oxygen atoms in total. The number of hydrogen-bond donors (Lipinski definition) is 1. The van der Waals surface area contributed by atoms with Gasteiger partial charge in [0.05, 0.1) is 17.5 Å². The van der Waals surface area contributed by atoms with E-state index < -0.39 is 0 Å². The highest BCUT2D eigenvalue weighted by Crippen LogP contribution is 2.31. The number of thioether (sulfide) groups is 1. The number of H-pyrrole nitrogens is 1. The van der Waals surface area contributed by atoms with Crippen LogP contribution in [0.15, 0.2) is 10.7 Å². The maximum Gasteiger partial charge on any atom is 0.262 e. The Morgan fingerprint density at radius 2 is 2.32 bits per heavy atom. The lowest BCUT2D eigenvalue weighted by molar-refractivity contribution is 0.425. The fourth-order valence-electron chi connectivity index (χ4n) is 2.20. The molecular formula is C12H13N5OS. The smallest absolute Gasteiger partial charge is 0.262 e. The van der Waals surface area contributed by atoms with Gasteiger partial charge in [-0.25, -0.2) is 0 Å². The van der Waals surface area contributed by atoms with Crippen molar-refractivity contribution in [3.63, 3.8) is 0 Å². The number of rotatable bonds is 4. The highest BCUT2D eigenvalue weighted by atomic mass is 32.2. The third-order valence-corrected chi connectivity index (χ3v) is 4.57. The number of nitrogens with zero attached hydrogens (tertiary/aromatic N) is 4. The molecule has 3 rings (SSSR count). The summed E-state index contributed by atoms with van der Waals surface area (Å²) in [5.74, 6) is 1.79. The van der Waals surface area contributed by atoms with E-state index in [2.05, 4.69) is 20.3 Å². The predicted octanol–water partition coefficient (Wildman–Crippen LogP) is 2.51. The molecule has 1 N–H and O–H groups in total. The second kappa shape index (κ2) is 5.45. The Bertz CT molecular complexity index is 593. The van der Waals surface area contributed by atoms with Gasteiger partial charge in [0.15, 0.2) is 5.82 Å². The van der Waals surface area contributed by atoms with E-state index >= 15 is 0 Å². The van der Waals surface area contributed by atoms with Crippen LogP contribution in [0.2, 0.25) is 0 Å². The Labute approximate surface area is 114 Å². The van der Waals surface area contributed by atoms with Gasteiger partial charge in [-0.15, -0.1) is 0 Å². The van der Waals surface area contributed by atoms with Gasteiger partial charge in [-0.1, -0.05) is 18.0 Å². The molecule has 0 unspecified atom stereocenters. The molecule has 1 aliphatic rings. The Hall–Kier alpha value is -1.81. The van der Waals surface area contributed by atoms with Crippen LogP contribution in [0.5, 0.6) is 0 Å². The van der Waals surface area contributed by atoms with Gasteiger partial charge in [0.1, 0.15) is 11.8 Å². The van der Waals surface area contributed by atoms with Crippen LogP contribution in [-0.2, 0) is 5.75 Å². The van der Waals surface area contributed by atoms with Crippen molar-refractivity contribution in [1.29, 1.82) is 5.26 Å². The molecule has 1 fully saturated rings. The Morgan fingerprint density at radius 1 is 1.47 bits per heavy atom. The lowest BCUT2D eigenvalue weighted by Crippen LogP contribution is -1.95. The van der Waals surface area contributed by atoms with Gasteiger partial charge in [0.2, 0.25) is 0 Å². The number of nitrogens with one attached hydrogen (secondary N) is 1. The average Bonchev–Trinajstić information content (AvgIpc) is 3.16. The zero-order valence-corrected chi connectivity index (χ0v) is 11.1. The van der Waals surface area contributed by atoms with Gasteiger partial charge >= 0.3 is 0 Å². The van der Waals surface area contributed by atoms with Gasteiger partial charge in [0.25, 0.3) is 5.89 Å². The summed E-state index contributed by atoms with van der Waals surface area (Å²) in [5.41, 5.74) is 0.908. The van der Waals surface area contributed by atoms with Crippen LogP contribution < -0.4 is 0 Å². The third kappa shape index (κ3) is 2.63. The Morgan fingerprint density at radius 3 is 3.11 bits per heavy atom. The largest absolute Gasteiger partial charge is 0.334 e. The molecule has 0 aromatic carbocycles. The molecule has 98 valence electrons. The maximum absolute atomic E-state index is 8.91. The second-order valence-electron chi connectivity index (χ2n) is 4.50. The zero-order chi connectivity index (χ0) is 13.1. The summed E-state index contributed by atoms with van der Waals surface area (Å²) < 4.78 is 5.18. The quantitative estimate of drug-likeness (QED) is 0.921. The highest BCUT2D eigenvalue weighted by Gasteiger charge is 2.18. The molecule has 1 saturated carbocycles. The van der Waals surface area contributed by atoms with Gasteiger partial charge in [-0.3, -0.25) is 5.10 Å². The van der Waals surface area contributed by atoms with Crippen LogP contribution in [0, 0.1) is 11.3 Å². The van der Waals surface area contributed by atoms with Gasteiger partial charge < -0.3 is 4.52 Å². The van der Waals surface area contributed by atoms with E-state index in [-0.39, 0.29) is 0 Å². The number of aromatic amines is 1. The first-order valence-electron chi connectivity index (χ1n) is 6.25. The van der Waals surface area contributed by atoms with E-state index in [4.69, 9.17) is 9.78 Å². The van der Waals surface area contributed by atoms with Gasteiger partial charge in [-0.2, -0.15) is 27.1 Å². The van der Waals surface area contributed by atoms with Crippen molar-refractivity contribution < 1.29 is 4.52 Å². The second-order valence-corrected chi connectivity index (χ2v) is 5.79. The molecule has 0 spiro atoms. The number of nitriles is 1. The van der Waals surface area contributed by atoms with E-state index in [0.29, 0.717) is 23.0 Å². The molecule has 0 saturated heterocycles. The van der Waals surface area contributed by atoms with E-state index in [1.165, 1.54) is 31.9 Å². The topological polar surface area (TPSA) is 91.4 Å². The van der Waals surface area contributed by atoms with Crippen molar-refractivity contribution >= 4 is 11.8 Å². The van der Waals surface area contributed by atoms with Crippen LogP contribution in [0.25, 0.3) is 11.5 Å². The van der Waals surface area contributed by atoms with E-state index in [9.17, 15) is 0 Å². The average molecular weight is 275 g/mol. The maximum atomic E-state index is 8.91. The summed E-state index contributed by atoms with van der Waals surface area (Å²) in [4.78, 5) is 4.31. The van der Waals surface area contributed by atoms with E-state index in [0.717, 1.165) is 11.0 Å². The van der Waals surface area contributed by atoms with Gasteiger partial charge in [0, 0.05) is 5.25 Å². The number of hydrogen-bond acceptors (Lipinski definition) is 6. The van der Waals surface area contributed by atoms with Crippen molar-refractivity contribution in [2.24, 2.45) is 0 Å². The lowest BCUT2D eigenvalue weighted by atomic mass is 10.2. The lowest BCUT2D eigenvalue weighted by Gasteiger charge is -2.04. The minimum Gasteiger partial charge on any atom is -0.334 e. The summed E-state index contributed by atoms with van der Waals surface area (Å²) in [6.45, 7) is 0. The first-order chi connectivity index (χ1) is 9.36. The summed E-state index contributed by atoms with van der Waals surface area (Å²) in [5, 5.41) is 20.0. The molecule has 0 atom stereocenters. The first-order valence-corrected chi connectivity index (χ1v) is 7.29. The molecule has 0 radical (unpaired) electrons. The fraction of sp³-hybridized carbons (Fsp3) is 0.500. The monoisotopic (exact) mass is 275 g/mol. The zero-order valence-electron chi connectivity index (χ0n) is 10.3. The Kier molecular flexibility index (Phi) is 3.51. The fourth-order valence-corrected chi connectivity index (χ4v) is 3.37. The highest BCUT2D eigenvalue weighted by molar-refractivity contribution is 7.99. The van der Waals surface area contributed by atoms with E-state index in [1.54, 1.807) is 0 Å². The third-order valence-electron chi connectivity index (χ3n) is 3.20. The molecule has 0 bridgehead atoms. The first kappa shape index (κ1) is 12.2. The van der Waals surface area contributed by atoms with Crippen LogP contribution in [0.3, 0.4) is 0 Å². The van der Waals surface area contributed by atoms with Crippen LogP contribution in [-0.4, -0.2) is 25.6 Å². The summed E-state index contributed by atoms with van der Waals surface area (Å²) in [7, 11) is 0. The van der Waals surface area contributed by atoms with Crippen molar-refractivity contribution in [3.8, 4) is 17.5 Å². The molecule has 0 aliphatic heterocycles. The summed E-state index contributed by atoms with van der Waals surface area (Å²) in [6.07, 6.45) is 6.76. The van der Waals surface area contributed by atoms with Crippen LogP contribution in [0.4, 0.5) is 0 Å². The van der Waals surface area contributed by atoms with Crippen molar-refractivity contribution in [3.05, 3.63) is 17.7 Å². The minimum absolute atomic E-state index is 0.346. The molecule has 2 heterocycles. The summed E-state index contributed by atoms with van der Waals surface area (Å²) >= 11 is 1.88. The van der Waals surface area contributed by atoms with E-state index in [1.807, 2.05) is 17.8 Å². The molecule has 0 amide bonds. The number of aromatic nitrogens is 4. The SMILES string of the molecule is N#Cc1[nH]ncc1-c1nc(CSC2CCCC2)no1. The normalized spacial score (nSPS) is 15.7. The molecule has 7 heteroatoms. The molecule has 1 aliphatic carbocycles. The Balaban J connectivity index is 1.67. The van der Waals surface area contributed by atoms with Crippen molar-refractivity contribution in [2.75, 3.05) is 0 Å². The van der Waals surface area contributed by atoms with Crippen LogP contribution in [0.1, 0.15) is 37.2 Å². The molecular weight excluding hydrogens is 262 g/mol. The predicted molar refractivity (Wildman–Crippen MR) is 70.1 cm³/mol. The molecule has 2 aromatic heterocycles. The van der Waals surface area contributed by atoms with Gasteiger partial charge in [-0.05, 0) is 12.8 Å².